The summed E-state index contributed by atoms with van der Waals surface area (Å²) in [5.74, 6) is -1.23. The Labute approximate surface area is 156 Å². The largest absolute Gasteiger partial charge is 0.490 e. The highest BCUT2D eigenvalue weighted by atomic mass is 32.2. The molecule has 2 heterocycles. The SMILES string of the molecule is CS(=O)(=O)NC1CCOCC1COc1ccc(-c2ccc(F)cn2)cc1F. The van der Waals surface area contributed by atoms with Crippen molar-refractivity contribution >= 4 is 10.0 Å². The summed E-state index contributed by atoms with van der Waals surface area (Å²) in [6.45, 7) is 0.891. The fraction of sp³-hybridized carbons (Fsp3) is 0.389. The Morgan fingerprint density at radius 1 is 1.30 bits per heavy atom. The van der Waals surface area contributed by atoms with Crippen molar-refractivity contribution in [3.05, 3.63) is 48.2 Å². The van der Waals surface area contributed by atoms with Crippen LogP contribution in [-0.4, -0.2) is 45.5 Å². The summed E-state index contributed by atoms with van der Waals surface area (Å²) >= 11 is 0. The van der Waals surface area contributed by atoms with Crippen molar-refractivity contribution in [2.75, 3.05) is 26.1 Å². The molecule has 0 spiro atoms. The molecule has 2 aromatic rings. The molecule has 1 aromatic heterocycles. The lowest BCUT2D eigenvalue weighted by atomic mass is 9.98. The van der Waals surface area contributed by atoms with Gasteiger partial charge in [-0.15, -0.1) is 0 Å². The van der Waals surface area contributed by atoms with Gasteiger partial charge in [-0.1, -0.05) is 0 Å². The summed E-state index contributed by atoms with van der Waals surface area (Å²) in [6.07, 6.45) is 2.69. The Kier molecular flexibility index (Phi) is 6.03. The van der Waals surface area contributed by atoms with Gasteiger partial charge in [0, 0.05) is 24.1 Å². The maximum Gasteiger partial charge on any atom is 0.208 e. The van der Waals surface area contributed by atoms with Crippen LogP contribution in [0.1, 0.15) is 6.42 Å². The molecule has 0 amide bonds. The Hall–Kier alpha value is -2.10. The first kappa shape index (κ1) is 19.7. The van der Waals surface area contributed by atoms with Crippen molar-refractivity contribution in [2.45, 2.75) is 12.5 Å². The first-order valence-corrected chi connectivity index (χ1v) is 10.3. The van der Waals surface area contributed by atoms with Gasteiger partial charge in [0.2, 0.25) is 10.0 Å². The van der Waals surface area contributed by atoms with Crippen LogP contribution in [0.3, 0.4) is 0 Å². The summed E-state index contributed by atoms with van der Waals surface area (Å²) < 4.78 is 63.8. The van der Waals surface area contributed by atoms with Crippen LogP contribution in [0.5, 0.6) is 5.75 Å². The third kappa shape index (κ3) is 5.44. The predicted molar refractivity (Wildman–Crippen MR) is 95.8 cm³/mol. The summed E-state index contributed by atoms with van der Waals surface area (Å²) in [6, 6.07) is 6.76. The van der Waals surface area contributed by atoms with Crippen molar-refractivity contribution in [2.24, 2.45) is 5.92 Å². The lowest BCUT2D eigenvalue weighted by Crippen LogP contribution is -2.47. The minimum Gasteiger partial charge on any atom is -0.490 e. The second-order valence-corrected chi connectivity index (χ2v) is 8.22. The van der Waals surface area contributed by atoms with E-state index in [1.807, 2.05) is 0 Å². The van der Waals surface area contributed by atoms with Gasteiger partial charge in [-0.05, 0) is 36.8 Å². The molecule has 2 unspecified atom stereocenters. The van der Waals surface area contributed by atoms with E-state index in [1.165, 1.54) is 24.3 Å². The van der Waals surface area contributed by atoms with Gasteiger partial charge >= 0.3 is 0 Å². The van der Waals surface area contributed by atoms with E-state index in [-0.39, 0.29) is 24.3 Å². The van der Waals surface area contributed by atoms with Crippen LogP contribution in [0, 0.1) is 17.6 Å². The first-order valence-electron chi connectivity index (χ1n) is 8.41. The number of sulfonamides is 1. The average Bonchev–Trinajstić information content (AvgIpc) is 2.61. The number of pyridine rings is 1. The van der Waals surface area contributed by atoms with E-state index in [0.29, 0.717) is 30.9 Å². The standard InChI is InChI=1S/C18H20F2N2O4S/c1-27(23,24)22-17-6-7-25-10-13(17)11-26-18-5-2-12(8-15(18)20)16-4-3-14(19)9-21-16/h2-5,8-9,13,17,22H,6-7,10-11H2,1H3. The number of benzene rings is 1. The molecule has 0 bridgehead atoms. The first-order chi connectivity index (χ1) is 12.8. The molecule has 1 aliphatic heterocycles. The van der Waals surface area contributed by atoms with E-state index in [0.717, 1.165) is 12.5 Å². The molecule has 0 radical (unpaired) electrons. The number of aromatic nitrogens is 1. The summed E-state index contributed by atoms with van der Waals surface area (Å²) in [7, 11) is -3.36. The molecule has 6 nitrogen and oxygen atoms in total. The van der Waals surface area contributed by atoms with Gasteiger partial charge in [-0.25, -0.2) is 21.9 Å². The summed E-state index contributed by atoms with van der Waals surface area (Å²) in [4.78, 5) is 3.92. The van der Waals surface area contributed by atoms with Gasteiger partial charge in [0.05, 0.1) is 31.4 Å². The smallest absolute Gasteiger partial charge is 0.208 e. The molecule has 1 N–H and O–H groups in total. The van der Waals surface area contributed by atoms with Crippen LogP contribution in [0.15, 0.2) is 36.5 Å². The Bertz CT molecular complexity index is 891. The van der Waals surface area contributed by atoms with Crippen molar-refractivity contribution in [1.82, 2.24) is 9.71 Å². The van der Waals surface area contributed by atoms with Gasteiger partial charge in [0.15, 0.2) is 11.6 Å². The maximum atomic E-state index is 14.4. The lowest BCUT2D eigenvalue weighted by Gasteiger charge is -2.31. The lowest BCUT2D eigenvalue weighted by molar-refractivity contribution is 0.0181. The van der Waals surface area contributed by atoms with Crippen LogP contribution in [0.25, 0.3) is 11.3 Å². The molecule has 1 aliphatic rings. The number of nitrogens with one attached hydrogen (secondary N) is 1. The Morgan fingerprint density at radius 3 is 2.78 bits per heavy atom. The normalized spacial score (nSPS) is 20.4. The minimum atomic E-state index is -3.36. The fourth-order valence-electron chi connectivity index (χ4n) is 2.91. The third-order valence-electron chi connectivity index (χ3n) is 4.25. The highest BCUT2D eigenvalue weighted by molar-refractivity contribution is 7.88. The third-order valence-corrected chi connectivity index (χ3v) is 4.98. The van der Waals surface area contributed by atoms with Crippen molar-refractivity contribution < 1.29 is 26.7 Å². The molecule has 9 heteroatoms. The van der Waals surface area contributed by atoms with Gasteiger partial charge in [0.1, 0.15) is 5.82 Å². The Balaban J connectivity index is 1.67. The Morgan fingerprint density at radius 2 is 2.11 bits per heavy atom. The molecule has 146 valence electrons. The number of nitrogens with zero attached hydrogens (tertiary/aromatic N) is 1. The molecule has 0 saturated carbocycles. The zero-order chi connectivity index (χ0) is 19.4. The average molecular weight is 398 g/mol. The zero-order valence-electron chi connectivity index (χ0n) is 14.7. The molecular formula is C18H20F2N2O4S. The van der Waals surface area contributed by atoms with Crippen LogP contribution in [-0.2, 0) is 14.8 Å². The van der Waals surface area contributed by atoms with E-state index in [9.17, 15) is 17.2 Å². The van der Waals surface area contributed by atoms with Gasteiger partial charge in [-0.3, -0.25) is 4.98 Å². The zero-order valence-corrected chi connectivity index (χ0v) is 15.5. The van der Waals surface area contributed by atoms with Gasteiger partial charge in [-0.2, -0.15) is 0 Å². The van der Waals surface area contributed by atoms with Gasteiger partial charge < -0.3 is 9.47 Å². The quantitative estimate of drug-likeness (QED) is 0.808. The second-order valence-electron chi connectivity index (χ2n) is 6.44. The van der Waals surface area contributed by atoms with E-state index in [2.05, 4.69) is 9.71 Å². The topological polar surface area (TPSA) is 77.5 Å². The fourth-order valence-corrected chi connectivity index (χ4v) is 3.77. The summed E-state index contributed by atoms with van der Waals surface area (Å²) in [5.41, 5.74) is 0.942. The van der Waals surface area contributed by atoms with Crippen LogP contribution >= 0.6 is 0 Å². The number of hydrogen-bond acceptors (Lipinski definition) is 5. The van der Waals surface area contributed by atoms with Crippen LogP contribution in [0.4, 0.5) is 8.78 Å². The highest BCUT2D eigenvalue weighted by Gasteiger charge is 2.29. The van der Waals surface area contributed by atoms with Crippen molar-refractivity contribution in [3.8, 4) is 17.0 Å². The monoisotopic (exact) mass is 398 g/mol. The molecule has 1 fully saturated rings. The van der Waals surface area contributed by atoms with Crippen molar-refractivity contribution in [1.29, 1.82) is 0 Å². The molecular weight excluding hydrogens is 378 g/mol. The van der Waals surface area contributed by atoms with Crippen molar-refractivity contribution in [3.63, 3.8) is 0 Å². The number of ether oxygens (including phenoxy) is 2. The number of hydrogen-bond donors (Lipinski definition) is 1. The highest BCUT2D eigenvalue weighted by Crippen LogP contribution is 2.26. The molecule has 27 heavy (non-hydrogen) atoms. The van der Waals surface area contributed by atoms with E-state index < -0.39 is 21.7 Å². The molecule has 0 aliphatic carbocycles. The molecule has 1 aromatic carbocycles. The van der Waals surface area contributed by atoms with E-state index in [1.54, 1.807) is 6.07 Å². The molecule has 3 rings (SSSR count). The number of halogens is 2. The van der Waals surface area contributed by atoms with Gasteiger partial charge in [0.25, 0.3) is 0 Å². The number of rotatable bonds is 6. The summed E-state index contributed by atoms with van der Waals surface area (Å²) in [5, 5.41) is 0. The van der Waals surface area contributed by atoms with Crippen LogP contribution in [0.2, 0.25) is 0 Å². The second kappa shape index (κ2) is 8.28. The van der Waals surface area contributed by atoms with E-state index in [4.69, 9.17) is 9.47 Å². The van der Waals surface area contributed by atoms with E-state index >= 15 is 0 Å². The minimum absolute atomic E-state index is 0.0459. The molecule has 2 atom stereocenters. The maximum absolute atomic E-state index is 14.4. The van der Waals surface area contributed by atoms with Crippen LogP contribution < -0.4 is 9.46 Å². The predicted octanol–water partition coefficient (Wildman–Crippen LogP) is 2.36. The molecule has 1 saturated heterocycles.